The van der Waals surface area contributed by atoms with Gasteiger partial charge in [0.25, 0.3) is 5.91 Å². The standard InChI is InChI=1S/C23H23FN6O2/c24-16-3-7-19(8-4-16)32-18-5-1-15(2-6-18)20-13-17(14-21(28-20)22(25)31)29-9-11-30(12-10-29)23(26)27/h1-8,13-14H,9-12H2,(H2,25,31)(H3,26,27). The number of carbonyl (C=O) groups excluding carboxylic acids is 1. The Bertz CT molecular complexity index is 1130. The molecule has 2 heterocycles. The molecule has 0 bridgehead atoms. The largest absolute Gasteiger partial charge is 0.457 e. The summed E-state index contributed by atoms with van der Waals surface area (Å²) in [5.74, 6) is 0.242. The third-order valence-corrected chi connectivity index (χ3v) is 5.25. The molecule has 1 amide bonds. The van der Waals surface area contributed by atoms with Crippen LogP contribution in [0.25, 0.3) is 11.3 Å². The van der Waals surface area contributed by atoms with Crippen LogP contribution in [0.2, 0.25) is 0 Å². The summed E-state index contributed by atoms with van der Waals surface area (Å²) in [6.07, 6.45) is 0. The monoisotopic (exact) mass is 434 g/mol. The van der Waals surface area contributed by atoms with Gasteiger partial charge in [-0.05, 0) is 60.7 Å². The first-order chi connectivity index (χ1) is 15.4. The van der Waals surface area contributed by atoms with Gasteiger partial charge in [0, 0.05) is 37.4 Å². The fourth-order valence-electron chi connectivity index (χ4n) is 3.51. The van der Waals surface area contributed by atoms with Gasteiger partial charge in [0.05, 0.1) is 5.69 Å². The van der Waals surface area contributed by atoms with Gasteiger partial charge in [-0.15, -0.1) is 0 Å². The van der Waals surface area contributed by atoms with Crippen LogP contribution in [0.15, 0.2) is 60.7 Å². The van der Waals surface area contributed by atoms with Crippen LogP contribution in [0, 0.1) is 11.2 Å². The number of rotatable bonds is 5. The van der Waals surface area contributed by atoms with Crippen LogP contribution in [0.3, 0.4) is 0 Å². The summed E-state index contributed by atoms with van der Waals surface area (Å²) in [7, 11) is 0. The van der Waals surface area contributed by atoms with Crippen molar-refractivity contribution in [1.29, 1.82) is 5.41 Å². The highest BCUT2D eigenvalue weighted by Gasteiger charge is 2.20. The van der Waals surface area contributed by atoms with E-state index >= 15 is 0 Å². The Morgan fingerprint density at radius 1 is 0.938 bits per heavy atom. The number of piperazine rings is 1. The predicted molar refractivity (Wildman–Crippen MR) is 120 cm³/mol. The Morgan fingerprint density at radius 2 is 1.53 bits per heavy atom. The highest BCUT2D eigenvalue weighted by atomic mass is 19.1. The Morgan fingerprint density at radius 3 is 2.09 bits per heavy atom. The number of amides is 1. The number of aromatic nitrogens is 1. The Labute approximate surface area is 184 Å². The summed E-state index contributed by atoms with van der Waals surface area (Å²) in [6, 6.07) is 16.6. The van der Waals surface area contributed by atoms with E-state index in [2.05, 4.69) is 9.88 Å². The van der Waals surface area contributed by atoms with Crippen molar-refractivity contribution in [3.05, 3.63) is 72.2 Å². The molecule has 2 aromatic carbocycles. The average Bonchev–Trinajstić information content (AvgIpc) is 2.81. The van der Waals surface area contributed by atoms with Crippen LogP contribution in [0.4, 0.5) is 10.1 Å². The van der Waals surface area contributed by atoms with E-state index in [1.165, 1.54) is 12.1 Å². The molecule has 5 N–H and O–H groups in total. The first-order valence-electron chi connectivity index (χ1n) is 10.1. The van der Waals surface area contributed by atoms with Crippen molar-refractivity contribution in [2.45, 2.75) is 0 Å². The summed E-state index contributed by atoms with van der Waals surface area (Å²) in [6.45, 7) is 2.56. The maximum Gasteiger partial charge on any atom is 0.267 e. The van der Waals surface area contributed by atoms with Crippen molar-refractivity contribution < 1.29 is 13.9 Å². The van der Waals surface area contributed by atoms with Crippen molar-refractivity contribution in [2.75, 3.05) is 31.1 Å². The normalized spacial score (nSPS) is 13.7. The second-order valence-corrected chi connectivity index (χ2v) is 7.40. The molecule has 0 spiro atoms. The minimum Gasteiger partial charge on any atom is -0.457 e. The van der Waals surface area contributed by atoms with Gasteiger partial charge in [0.2, 0.25) is 0 Å². The molecule has 0 saturated carbocycles. The molecule has 1 aromatic heterocycles. The minimum atomic E-state index is -0.605. The van der Waals surface area contributed by atoms with Gasteiger partial charge in [0.15, 0.2) is 5.96 Å². The van der Waals surface area contributed by atoms with E-state index in [0.717, 1.165) is 11.3 Å². The van der Waals surface area contributed by atoms with E-state index in [0.29, 0.717) is 43.4 Å². The third-order valence-electron chi connectivity index (χ3n) is 5.25. The van der Waals surface area contributed by atoms with Gasteiger partial charge in [-0.3, -0.25) is 10.2 Å². The molecule has 1 fully saturated rings. The number of nitrogens with two attached hydrogens (primary N) is 2. The van der Waals surface area contributed by atoms with Crippen molar-refractivity contribution in [2.24, 2.45) is 11.5 Å². The number of halogens is 1. The maximum atomic E-state index is 13.1. The Balaban J connectivity index is 1.56. The number of anilines is 1. The van der Waals surface area contributed by atoms with Crippen molar-refractivity contribution >= 4 is 17.6 Å². The lowest BCUT2D eigenvalue weighted by molar-refractivity contribution is 0.0995. The van der Waals surface area contributed by atoms with E-state index in [4.69, 9.17) is 21.6 Å². The van der Waals surface area contributed by atoms with E-state index < -0.39 is 5.91 Å². The number of guanidine groups is 1. The van der Waals surface area contributed by atoms with Crippen molar-refractivity contribution in [3.8, 4) is 22.8 Å². The molecule has 0 unspecified atom stereocenters. The number of benzene rings is 2. The number of pyridine rings is 1. The smallest absolute Gasteiger partial charge is 0.267 e. The molecule has 4 rings (SSSR count). The second kappa shape index (κ2) is 8.93. The van der Waals surface area contributed by atoms with Gasteiger partial charge in [-0.1, -0.05) is 0 Å². The number of carbonyl (C=O) groups is 1. The van der Waals surface area contributed by atoms with Crippen LogP contribution in [0.5, 0.6) is 11.5 Å². The van der Waals surface area contributed by atoms with Crippen molar-refractivity contribution in [3.63, 3.8) is 0 Å². The van der Waals surface area contributed by atoms with Crippen molar-refractivity contribution in [1.82, 2.24) is 9.88 Å². The van der Waals surface area contributed by atoms with Crippen LogP contribution >= 0.6 is 0 Å². The van der Waals surface area contributed by atoms with Gasteiger partial charge < -0.3 is 26.0 Å². The van der Waals surface area contributed by atoms with E-state index in [1.54, 1.807) is 35.2 Å². The molecule has 1 aliphatic heterocycles. The summed E-state index contributed by atoms with van der Waals surface area (Å²) in [4.78, 5) is 20.2. The Hall–Kier alpha value is -4.14. The molecule has 32 heavy (non-hydrogen) atoms. The van der Waals surface area contributed by atoms with Crippen LogP contribution in [-0.2, 0) is 0 Å². The summed E-state index contributed by atoms with van der Waals surface area (Å²) in [5, 5.41) is 7.58. The van der Waals surface area contributed by atoms with Crippen LogP contribution in [-0.4, -0.2) is 47.9 Å². The number of nitrogens with one attached hydrogen (secondary N) is 1. The fraction of sp³-hybridized carbons (Fsp3) is 0.174. The van der Waals surface area contributed by atoms with Gasteiger partial charge in [-0.2, -0.15) is 0 Å². The van der Waals surface area contributed by atoms with E-state index in [1.807, 2.05) is 18.2 Å². The zero-order chi connectivity index (χ0) is 22.7. The number of primary amides is 1. The zero-order valence-electron chi connectivity index (χ0n) is 17.3. The molecule has 8 nitrogen and oxygen atoms in total. The molecule has 1 saturated heterocycles. The fourth-order valence-corrected chi connectivity index (χ4v) is 3.51. The molecule has 1 aliphatic rings. The number of nitrogens with zero attached hydrogens (tertiary/aromatic N) is 3. The van der Waals surface area contributed by atoms with Gasteiger partial charge in [0.1, 0.15) is 23.0 Å². The lowest BCUT2D eigenvalue weighted by Crippen LogP contribution is -2.50. The molecule has 164 valence electrons. The third kappa shape index (κ3) is 4.77. The molecule has 3 aromatic rings. The average molecular weight is 434 g/mol. The molecule has 0 aliphatic carbocycles. The number of hydrogen-bond donors (Lipinski definition) is 3. The molecule has 0 radical (unpaired) electrons. The molecular formula is C23H23FN6O2. The quantitative estimate of drug-likeness (QED) is 0.419. The maximum absolute atomic E-state index is 13.1. The summed E-state index contributed by atoms with van der Waals surface area (Å²) < 4.78 is 18.8. The highest BCUT2D eigenvalue weighted by molar-refractivity contribution is 5.92. The SMILES string of the molecule is N=C(N)N1CCN(c2cc(C(N)=O)nc(-c3ccc(Oc4ccc(F)cc4)cc3)c2)CC1. The second-order valence-electron chi connectivity index (χ2n) is 7.40. The zero-order valence-corrected chi connectivity index (χ0v) is 17.3. The van der Waals surface area contributed by atoms with Crippen LogP contribution in [0.1, 0.15) is 10.5 Å². The lowest BCUT2D eigenvalue weighted by atomic mass is 10.1. The van der Waals surface area contributed by atoms with E-state index in [-0.39, 0.29) is 17.5 Å². The summed E-state index contributed by atoms with van der Waals surface area (Å²) >= 11 is 0. The summed E-state index contributed by atoms with van der Waals surface area (Å²) in [5.41, 5.74) is 13.5. The molecule has 9 heteroatoms. The van der Waals surface area contributed by atoms with Gasteiger partial charge in [-0.25, -0.2) is 9.37 Å². The van der Waals surface area contributed by atoms with E-state index in [9.17, 15) is 9.18 Å². The molecular weight excluding hydrogens is 411 g/mol. The number of ether oxygens (including phenoxy) is 1. The van der Waals surface area contributed by atoms with Crippen LogP contribution < -0.4 is 21.1 Å². The molecule has 0 atom stereocenters. The Kier molecular flexibility index (Phi) is 5.89. The lowest BCUT2D eigenvalue weighted by Gasteiger charge is -2.36. The topological polar surface area (TPSA) is 122 Å². The predicted octanol–water partition coefficient (Wildman–Crippen LogP) is 2.79. The first kappa shape index (κ1) is 21.1. The highest BCUT2D eigenvalue weighted by Crippen LogP contribution is 2.28. The number of hydrogen-bond acceptors (Lipinski definition) is 5. The van der Waals surface area contributed by atoms with Gasteiger partial charge >= 0.3 is 0 Å². The first-order valence-corrected chi connectivity index (χ1v) is 10.1. The minimum absolute atomic E-state index is 0.0563.